The van der Waals surface area contributed by atoms with Gasteiger partial charge in [-0.05, 0) is 70.1 Å². The van der Waals surface area contributed by atoms with E-state index in [1.807, 2.05) is 0 Å². The number of likely N-dealkylation sites (tertiary alicyclic amines) is 1. The molecular formula is C12H22N2. The van der Waals surface area contributed by atoms with Gasteiger partial charge in [0.05, 0.1) is 0 Å². The molecule has 0 aromatic rings. The Bertz CT molecular complexity index is 184. The van der Waals surface area contributed by atoms with Crippen LogP contribution in [-0.2, 0) is 0 Å². The summed E-state index contributed by atoms with van der Waals surface area (Å²) in [5.74, 6) is 2.03. The van der Waals surface area contributed by atoms with Crippen LogP contribution in [0.25, 0.3) is 0 Å². The maximum Gasteiger partial charge on any atom is 0.00964 e. The van der Waals surface area contributed by atoms with E-state index in [0.717, 1.165) is 17.9 Å². The fourth-order valence-electron chi connectivity index (χ4n) is 3.28. The second-order valence-electron chi connectivity index (χ2n) is 5.36. The molecule has 2 heteroatoms. The highest BCUT2D eigenvalue weighted by Gasteiger charge is 2.34. The average Bonchev–Trinajstić information content (AvgIpc) is 3.03. The molecule has 2 heterocycles. The largest absolute Gasteiger partial charge is 0.316 e. The summed E-state index contributed by atoms with van der Waals surface area (Å²) in [5.41, 5.74) is 0. The number of hydrogen-bond donors (Lipinski definition) is 1. The highest BCUT2D eigenvalue weighted by Crippen LogP contribution is 2.34. The smallest absolute Gasteiger partial charge is 0.00964 e. The average molecular weight is 194 g/mol. The summed E-state index contributed by atoms with van der Waals surface area (Å²) in [4.78, 5) is 2.76. The Morgan fingerprint density at radius 2 is 1.64 bits per heavy atom. The SMILES string of the molecule is C1CC2CCN(C3CC3)CCC2CN1. The second-order valence-corrected chi connectivity index (χ2v) is 5.36. The maximum atomic E-state index is 3.55. The van der Waals surface area contributed by atoms with Gasteiger partial charge in [0.25, 0.3) is 0 Å². The van der Waals surface area contributed by atoms with Gasteiger partial charge in [0, 0.05) is 6.04 Å². The summed E-state index contributed by atoms with van der Waals surface area (Å²) in [7, 11) is 0. The topological polar surface area (TPSA) is 15.3 Å². The van der Waals surface area contributed by atoms with E-state index in [9.17, 15) is 0 Å². The van der Waals surface area contributed by atoms with Crippen molar-refractivity contribution < 1.29 is 0 Å². The molecule has 2 nitrogen and oxygen atoms in total. The van der Waals surface area contributed by atoms with E-state index in [-0.39, 0.29) is 0 Å². The van der Waals surface area contributed by atoms with E-state index >= 15 is 0 Å². The third-order valence-corrected chi connectivity index (χ3v) is 4.40. The van der Waals surface area contributed by atoms with Crippen LogP contribution in [0.4, 0.5) is 0 Å². The van der Waals surface area contributed by atoms with Crippen molar-refractivity contribution in [3.8, 4) is 0 Å². The summed E-state index contributed by atoms with van der Waals surface area (Å²) in [6.07, 6.45) is 7.32. The predicted octanol–water partition coefficient (Wildman–Crippen LogP) is 1.47. The monoisotopic (exact) mass is 194 g/mol. The van der Waals surface area contributed by atoms with E-state index in [2.05, 4.69) is 10.2 Å². The molecule has 1 saturated carbocycles. The van der Waals surface area contributed by atoms with E-state index in [1.165, 1.54) is 58.3 Å². The third-order valence-electron chi connectivity index (χ3n) is 4.40. The maximum absolute atomic E-state index is 3.55. The molecule has 0 radical (unpaired) electrons. The summed E-state index contributed by atoms with van der Waals surface area (Å²) < 4.78 is 0. The molecule has 2 aliphatic heterocycles. The van der Waals surface area contributed by atoms with Gasteiger partial charge < -0.3 is 10.2 Å². The Morgan fingerprint density at radius 3 is 2.43 bits per heavy atom. The van der Waals surface area contributed by atoms with E-state index < -0.39 is 0 Å². The first kappa shape index (κ1) is 9.17. The number of piperidine rings is 1. The first-order chi connectivity index (χ1) is 6.93. The first-order valence-corrected chi connectivity index (χ1v) is 6.38. The quantitative estimate of drug-likeness (QED) is 0.680. The second kappa shape index (κ2) is 3.82. The van der Waals surface area contributed by atoms with E-state index in [4.69, 9.17) is 0 Å². The number of rotatable bonds is 1. The van der Waals surface area contributed by atoms with E-state index in [0.29, 0.717) is 0 Å². The zero-order chi connectivity index (χ0) is 9.38. The lowest BCUT2D eigenvalue weighted by Gasteiger charge is -2.30. The van der Waals surface area contributed by atoms with Crippen molar-refractivity contribution >= 4 is 0 Å². The van der Waals surface area contributed by atoms with Crippen molar-refractivity contribution in [1.29, 1.82) is 0 Å². The molecule has 1 N–H and O–H groups in total. The fourth-order valence-corrected chi connectivity index (χ4v) is 3.28. The summed E-state index contributed by atoms with van der Waals surface area (Å²) in [6.45, 7) is 5.34. The first-order valence-electron chi connectivity index (χ1n) is 6.38. The molecule has 0 bridgehead atoms. The van der Waals surface area contributed by atoms with Crippen molar-refractivity contribution in [3.05, 3.63) is 0 Å². The minimum absolute atomic E-state index is 0.989. The van der Waals surface area contributed by atoms with Gasteiger partial charge in [0.15, 0.2) is 0 Å². The number of hydrogen-bond acceptors (Lipinski definition) is 2. The Kier molecular flexibility index (Phi) is 2.50. The summed E-state index contributed by atoms with van der Waals surface area (Å²) in [6, 6.07) is 0.989. The Morgan fingerprint density at radius 1 is 0.857 bits per heavy atom. The van der Waals surface area contributed by atoms with Crippen LogP contribution in [0, 0.1) is 11.8 Å². The lowest BCUT2D eigenvalue weighted by atomic mass is 9.83. The highest BCUT2D eigenvalue weighted by molar-refractivity contribution is 4.89. The number of fused-ring (bicyclic) bond motifs is 1. The number of nitrogens with zero attached hydrogens (tertiary/aromatic N) is 1. The molecule has 0 spiro atoms. The van der Waals surface area contributed by atoms with Gasteiger partial charge in [-0.2, -0.15) is 0 Å². The molecule has 3 rings (SSSR count). The Hall–Kier alpha value is -0.0800. The molecule has 0 aromatic carbocycles. The molecule has 1 aliphatic carbocycles. The van der Waals surface area contributed by atoms with Gasteiger partial charge in [0.2, 0.25) is 0 Å². The van der Waals surface area contributed by atoms with Crippen molar-refractivity contribution in [3.63, 3.8) is 0 Å². The number of nitrogens with one attached hydrogen (secondary N) is 1. The van der Waals surface area contributed by atoms with Gasteiger partial charge in [-0.3, -0.25) is 0 Å². The molecule has 3 aliphatic rings. The van der Waals surface area contributed by atoms with Gasteiger partial charge >= 0.3 is 0 Å². The molecule has 0 aromatic heterocycles. The van der Waals surface area contributed by atoms with Crippen LogP contribution in [0.3, 0.4) is 0 Å². The zero-order valence-corrected chi connectivity index (χ0v) is 9.04. The summed E-state index contributed by atoms with van der Waals surface area (Å²) in [5, 5.41) is 3.55. The highest BCUT2D eigenvalue weighted by atomic mass is 15.2. The van der Waals surface area contributed by atoms with Crippen LogP contribution in [0.5, 0.6) is 0 Å². The summed E-state index contributed by atoms with van der Waals surface area (Å²) >= 11 is 0. The Labute approximate surface area is 87.0 Å². The Balaban J connectivity index is 1.61. The standard InChI is InChI=1S/C12H22N2/c1-2-12(1)14-7-4-10-3-6-13-9-11(10)5-8-14/h10-13H,1-9H2. The molecule has 2 saturated heterocycles. The molecular weight excluding hydrogens is 172 g/mol. The molecule has 0 amide bonds. The van der Waals surface area contributed by atoms with Crippen LogP contribution in [0.1, 0.15) is 32.1 Å². The third kappa shape index (κ3) is 1.82. The van der Waals surface area contributed by atoms with Crippen molar-refractivity contribution in [2.45, 2.75) is 38.1 Å². The molecule has 14 heavy (non-hydrogen) atoms. The normalized spacial score (nSPS) is 40.3. The van der Waals surface area contributed by atoms with Crippen molar-refractivity contribution in [1.82, 2.24) is 10.2 Å². The van der Waals surface area contributed by atoms with Crippen LogP contribution >= 0.6 is 0 Å². The van der Waals surface area contributed by atoms with Crippen LogP contribution in [0.2, 0.25) is 0 Å². The minimum atomic E-state index is 0.989. The van der Waals surface area contributed by atoms with Crippen LogP contribution in [-0.4, -0.2) is 37.1 Å². The van der Waals surface area contributed by atoms with Crippen molar-refractivity contribution in [2.75, 3.05) is 26.2 Å². The van der Waals surface area contributed by atoms with Gasteiger partial charge in [-0.25, -0.2) is 0 Å². The van der Waals surface area contributed by atoms with Crippen LogP contribution < -0.4 is 5.32 Å². The lowest BCUT2D eigenvalue weighted by Crippen LogP contribution is -2.36. The lowest BCUT2D eigenvalue weighted by molar-refractivity contribution is 0.247. The molecule has 3 fully saturated rings. The minimum Gasteiger partial charge on any atom is -0.316 e. The van der Waals surface area contributed by atoms with E-state index in [1.54, 1.807) is 0 Å². The molecule has 2 atom stereocenters. The van der Waals surface area contributed by atoms with Gasteiger partial charge in [-0.1, -0.05) is 0 Å². The predicted molar refractivity (Wildman–Crippen MR) is 58.3 cm³/mol. The molecule has 80 valence electrons. The van der Waals surface area contributed by atoms with Crippen LogP contribution in [0.15, 0.2) is 0 Å². The van der Waals surface area contributed by atoms with Gasteiger partial charge in [0.1, 0.15) is 0 Å². The zero-order valence-electron chi connectivity index (χ0n) is 9.04. The van der Waals surface area contributed by atoms with Gasteiger partial charge in [-0.15, -0.1) is 0 Å². The fraction of sp³-hybridized carbons (Fsp3) is 1.00. The molecule has 2 unspecified atom stereocenters. The van der Waals surface area contributed by atoms with Crippen molar-refractivity contribution in [2.24, 2.45) is 11.8 Å².